The fraction of sp³-hybridized carbons (Fsp3) is 0.273. The van der Waals surface area contributed by atoms with Gasteiger partial charge in [-0.05, 0) is 36.8 Å². The first-order chi connectivity index (χ1) is 14.4. The average molecular weight is 427 g/mol. The fourth-order valence-corrected chi connectivity index (χ4v) is 4.71. The van der Waals surface area contributed by atoms with Crippen molar-refractivity contribution in [3.63, 3.8) is 0 Å². The molecule has 0 spiro atoms. The predicted octanol–water partition coefficient (Wildman–Crippen LogP) is 3.39. The molecule has 3 aromatic rings. The summed E-state index contributed by atoms with van der Waals surface area (Å²) in [5.74, 6) is -0.260. The Hall–Kier alpha value is -2.97. The van der Waals surface area contributed by atoms with Crippen molar-refractivity contribution in [2.45, 2.75) is 31.7 Å². The summed E-state index contributed by atoms with van der Waals surface area (Å²) in [6.45, 7) is 6.32. The quantitative estimate of drug-likeness (QED) is 0.598. The van der Waals surface area contributed by atoms with E-state index in [2.05, 4.69) is 10.3 Å². The summed E-state index contributed by atoms with van der Waals surface area (Å²) in [4.78, 5) is 17.1. The maximum atomic E-state index is 12.8. The molecule has 30 heavy (non-hydrogen) atoms. The van der Waals surface area contributed by atoms with Gasteiger partial charge in [-0.3, -0.25) is 9.36 Å². The highest BCUT2D eigenvalue weighted by Crippen LogP contribution is 2.20. The van der Waals surface area contributed by atoms with Crippen LogP contribution in [0.5, 0.6) is 0 Å². The van der Waals surface area contributed by atoms with Crippen LogP contribution in [0, 0.1) is 0 Å². The molecule has 0 radical (unpaired) electrons. The summed E-state index contributed by atoms with van der Waals surface area (Å²) in [6, 6.07) is 15.8. The van der Waals surface area contributed by atoms with Gasteiger partial charge >= 0.3 is 0 Å². The summed E-state index contributed by atoms with van der Waals surface area (Å²) in [6.07, 6.45) is 3.12. The molecule has 1 amide bonds. The topological polar surface area (TPSA) is 84.3 Å². The molecule has 1 heterocycles. The standard InChI is InChI=1S/C22H26N4O3S/c1-4-25(5-2)30(28,29)20-13-11-18(12-14-20)17(3)24-22(27)21-15-23-16-26(21)19-9-7-6-8-10-19/h6-17H,4-5H2,1-3H3,(H,24,27)/t17-/m1/s1. The van der Waals surface area contributed by atoms with Gasteiger partial charge in [0, 0.05) is 18.8 Å². The first kappa shape index (κ1) is 21.7. The second-order valence-electron chi connectivity index (χ2n) is 6.84. The zero-order chi connectivity index (χ0) is 21.7. The monoisotopic (exact) mass is 426 g/mol. The Balaban J connectivity index is 1.75. The van der Waals surface area contributed by atoms with Gasteiger partial charge < -0.3 is 5.32 Å². The number of carbonyl (C=O) groups excluding carboxylic acids is 1. The molecule has 0 bridgehead atoms. The maximum Gasteiger partial charge on any atom is 0.270 e. The van der Waals surface area contributed by atoms with E-state index >= 15 is 0 Å². The molecule has 7 nitrogen and oxygen atoms in total. The van der Waals surface area contributed by atoms with E-state index in [4.69, 9.17) is 0 Å². The minimum Gasteiger partial charge on any atom is -0.344 e. The molecule has 1 atom stereocenters. The third-order valence-corrected chi connectivity index (χ3v) is 7.04. The largest absolute Gasteiger partial charge is 0.344 e. The fourth-order valence-electron chi connectivity index (χ4n) is 3.25. The molecular weight excluding hydrogens is 400 g/mol. The second-order valence-corrected chi connectivity index (χ2v) is 8.78. The summed E-state index contributed by atoms with van der Waals surface area (Å²) in [5, 5.41) is 2.95. The van der Waals surface area contributed by atoms with Gasteiger partial charge in [0.1, 0.15) is 5.69 Å². The van der Waals surface area contributed by atoms with Gasteiger partial charge in [-0.15, -0.1) is 0 Å². The molecule has 0 unspecified atom stereocenters. The number of amides is 1. The molecule has 1 aromatic heterocycles. The number of nitrogens with one attached hydrogen (secondary N) is 1. The van der Waals surface area contributed by atoms with Gasteiger partial charge in [0.05, 0.1) is 23.5 Å². The van der Waals surface area contributed by atoms with E-state index < -0.39 is 10.0 Å². The zero-order valence-electron chi connectivity index (χ0n) is 17.3. The van der Waals surface area contributed by atoms with E-state index in [1.54, 1.807) is 35.2 Å². The van der Waals surface area contributed by atoms with Crippen LogP contribution >= 0.6 is 0 Å². The van der Waals surface area contributed by atoms with Crippen LogP contribution in [0.1, 0.15) is 42.9 Å². The Bertz CT molecular complexity index is 1090. The summed E-state index contributed by atoms with van der Waals surface area (Å²) in [7, 11) is -3.50. The van der Waals surface area contributed by atoms with Crippen molar-refractivity contribution >= 4 is 15.9 Å². The van der Waals surface area contributed by atoms with Crippen molar-refractivity contribution in [2.24, 2.45) is 0 Å². The van der Waals surface area contributed by atoms with Crippen LogP contribution in [0.25, 0.3) is 5.69 Å². The molecule has 0 saturated heterocycles. The lowest BCUT2D eigenvalue weighted by atomic mass is 10.1. The molecule has 8 heteroatoms. The SMILES string of the molecule is CCN(CC)S(=O)(=O)c1ccc([C@@H](C)NC(=O)c2cncn2-c2ccccc2)cc1. The van der Waals surface area contributed by atoms with Gasteiger partial charge in [0.15, 0.2) is 0 Å². The minimum atomic E-state index is -3.50. The van der Waals surface area contributed by atoms with Crippen molar-refractivity contribution < 1.29 is 13.2 Å². The molecule has 0 aliphatic carbocycles. The van der Waals surface area contributed by atoms with E-state index in [1.165, 1.54) is 10.5 Å². The summed E-state index contributed by atoms with van der Waals surface area (Å²) >= 11 is 0. The van der Waals surface area contributed by atoms with Crippen molar-refractivity contribution in [3.05, 3.63) is 78.4 Å². The van der Waals surface area contributed by atoms with E-state index in [0.29, 0.717) is 18.8 Å². The van der Waals surface area contributed by atoms with Crippen LogP contribution in [0.2, 0.25) is 0 Å². The molecule has 1 N–H and O–H groups in total. The maximum absolute atomic E-state index is 12.8. The first-order valence-electron chi connectivity index (χ1n) is 9.87. The number of aromatic nitrogens is 2. The van der Waals surface area contributed by atoms with Crippen molar-refractivity contribution in [1.82, 2.24) is 19.2 Å². The summed E-state index contributed by atoms with van der Waals surface area (Å²) in [5.41, 5.74) is 2.08. The molecule has 158 valence electrons. The minimum absolute atomic E-state index is 0.246. The lowest BCUT2D eigenvalue weighted by molar-refractivity contribution is 0.0933. The smallest absolute Gasteiger partial charge is 0.270 e. The van der Waals surface area contributed by atoms with Crippen LogP contribution < -0.4 is 5.32 Å². The normalized spacial score (nSPS) is 12.7. The van der Waals surface area contributed by atoms with E-state index in [1.807, 2.05) is 51.1 Å². The number of imidazole rings is 1. The van der Waals surface area contributed by atoms with Gasteiger partial charge in [-0.25, -0.2) is 13.4 Å². The first-order valence-corrected chi connectivity index (χ1v) is 11.3. The lowest BCUT2D eigenvalue weighted by Crippen LogP contribution is -2.30. The van der Waals surface area contributed by atoms with Gasteiger partial charge in [-0.2, -0.15) is 4.31 Å². The lowest BCUT2D eigenvalue weighted by Gasteiger charge is -2.19. The number of hydrogen-bond acceptors (Lipinski definition) is 4. The van der Waals surface area contributed by atoms with Crippen LogP contribution in [0.4, 0.5) is 0 Å². The average Bonchev–Trinajstić information content (AvgIpc) is 3.25. The Morgan fingerprint density at radius 2 is 1.70 bits per heavy atom. The highest BCUT2D eigenvalue weighted by Gasteiger charge is 2.22. The molecule has 0 fully saturated rings. The molecule has 2 aromatic carbocycles. The zero-order valence-corrected chi connectivity index (χ0v) is 18.1. The molecular formula is C22H26N4O3S. The third-order valence-electron chi connectivity index (χ3n) is 4.98. The Morgan fingerprint density at radius 1 is 1.07 bits per heavy atom. The van der Waals surface area contributed by atoms with Crippen molar-refractivity contribution in [3.8, 4) is 5.69 Å². The highest BCUT2D eigenvalue weighted by molar-refractivity contribution is 7.89. The Kier molecular flexibility index (Phi) is 6.69. The number of benzene rings is 2. The number of hydrogen-bond donors (Lipinski definition) is 1. The van der Waals surface area contributed by atoms with Crippen LogP contribution in [-0.2, 0) is 10.0 Å². The molecule has 0 aliphatic rings. The van der Waals surface area contributed by atoms with Crippen molar-refractivity contribution in [2.75, 3.05) is 13.1 Å². The second kappa shape index (κ2) is 9.23. The number of sulfonamides is 1. The van der Waals surface area contributed by atoms with Crippen molar-refractivity contribution in [1.29, 1.82) is 0 Å². The summed E-state index contributed by atoms with van der Waals surface area (Å²) < 4.78 is 28.4. The molecule has 0 aliphatic heterocycles. The van der Waals surface area contributed by atoms with Crippen LogP contribution in [0.3, 0.4) is 0 Å². The number of para-hydroxylation sites is 1. The van der Waals surface area contributed by atoms with E-state index in [0.717, 1.165) is 11.3 Å². The van der Waals surface area contributed by atoms with Crippen LogP contribution in [-0.4, -0.2) is 41.3 Å². The van der Waals surface area contributed by atoms with Gasteiger partial charge in [-0.1, -0.05) is 44.2 Å². The third kappa shape index (κ3) is 4.44. The number of rotatable bonds is 8. The van der Waals surface area contributed by atoms with Gasteiger partial charge in [0.2, 0.25) is 10.0 Å². The predicted molar refractivity (Wildman–Crippen MR) is 116 cm³/mol. The van der Waals surface area contributed by atoms with E-state index in [9.17, 15) is 13.2 Å². The van der Waals surface area contributed by atoms with Crippen LogP contribution in [0.15, 0.2) is 72.0 Å². The molecule has 0 saturated carbocycles. The Morgan fingerprint density at radius 3 is 2.30 bits per heavy atom. The highest BCUT2D eigenvalue weighted by atomic mass is 32.2. The van der Waals surface area contributed by atoms with E-state index in [-0.39, 0.29) is 16.8 Å². The molecule has 3 rings (SSSR count). The number of nitrogens with zero attached hydrogens (tertiary/aromatic N) is 3. The number of carbonyl (C=O) groups is 1. The van der Waals surface area contributed by atoms with Gasteiger partial charge in [0.25, 0.3) is 5.91 Å². The Labute approximate surface area is 177 Å².